The number of hydrogen-bond donors (Lipinski definition) is 2. The first-order chi connectivity index (χ1) is 12.3. The zero-order valence-electron chi connectivity index (χ0n) is 13.9. The molecule has 0 unspecified atom stereocenters. The summed E-state index contributed by atoms with van der Waals surface area (Å²) < 4.78 is 0. The molecule has 2 aromatic carbocycles. The molecule has 0 bridgehead atoms. The molecular weight excluding hydrogens is 375 g/mol. The van der Waals surface area contributed by atoms with E-state index in [1.807, 2.05) is 13.8 Å². The fourth-order valence-electron chi connectivity index (χ4n) is 2.30. The fourth-order valence-corrected chi connectivity index (χ4v) is 2.67. The summed E-state index contributed by atoms with van der Waals surface area (Å²) in [5.74, 6) is -1.06. The Labute approximate surface area is 159 Å². The predicted octanol–water partition coefficient (Wildman–Crippen LogP) is 3.63. The fraction of sp³-hybridized carbons (Fsp3) is 0.111. The van der Waals surface area contributed by atoms with Crippen LogP contribution in [0.2, 0.25) is 10.0 Å². The van der Waals surface area contributed by atoms with Gasteiger partial charge >= 0.3 is 0 Å². The topological polar surface area (TPSA) is 84.0 Å². The second kappa shape index (κ2) is 7.27. The zero-order valence-corrected chi connectivity index (χ0v) is 15.4. The van der Waals surface area contributed by atoms with Crippen LogP contribution in [-0.4, -0.2) is 21.8 Å². The van der Waals surface area contributed by atoms with Crippen LogP contribution in [0.4, 0.5) is 0 Å². The summed E-state index contributed by atoms with van der Waals surface area (Å²) >= 11 is 11.8. The lowest BCUT2D eigenvalue weighted by Crippen LogP contribution is -2.41. The van der Waals surface area contributed by atoms with Gasteiger partial charge in [0.05, 0.1) is 33.0 Å². The summed E-state index contributed by atoms with van der Waals surface area (Å²) in [7, 11) is 0. The van der Waals surface area contributed by atoms with Crippen molar-refractivity contribution < 1.29 is 9.59 Å². The molecule has 3 rings (SSSR count). The van der Waals surface area contributed by atoms with E-state index in [2.05, 4.69) is 20.8 Å². The average molecular weight is 389 g/mol. The summed E-state index contributed by atoms with van der Waals surface area (Å²) in [5.41, 5.74) is 8.08. The van der Waals surface area contributed by atoms with Crippen LogP contribution < -0.4 is 10.9 Å². The number of halogens is 2. The number of rotatable bonds is 2. The normalized spacial score (nSPS) is 10.6. The number of nitrogens with one attached hydrogen (secondary N) is 2. The van der Waals surface area contributed by atoms with Gasteiger partial charge in [-0.2, -0.15) is 0 Å². The minimum absolute atomic E-state index is 0.162. The Bertz CT molecular complexity index is 1040. The van der Waals surface area contributed by atoms with E-state index in [4.69, 9.17) is 23.2 Å². The molecular formula is C18H14Cl2N4O2. The highest BCUT2D eigenvalue weighted by Gasteiger charge is 2.13. The van der Waals surface area contributed by atoms with E-state index in [0.29, 0.717) is 21.6 Å². The molecule has 2 amide bonds. The molecule has 1 heterocycles. The van der Waals surface area contributed by atoms with Crippen LogP contribution >= 0.6 is 23.2 Å². The van der Waals surface area contributed by atoms with E-state index in [1.165, 1.54) is 12.1 Å². The molecule has 2 N–H and O–H groups in total. The van der Waals surface area contributed by atoms with Gasteiger partial charge in [0.2, 0.25) is 0 Å². The van der Waals surface area contributed by atoms with Crippen molar-refractivity contribution in [2.45, 2.75) is 13.8 Å². The Balaban J connectivity index is 1.75. The number of carbonyl (C=O) groups is 2. The van der Waals surface area contributed by atoms with Crippen molar-refractivity contribution in [3.8, 4) is 0 Å². The number of aryl methyl sites for hydroxylation is 2. The van der Waals surface area contributed by atoms with Gasteiger partial charge in [-0.05, 0) is 50.2 Å². The van der Waals surface area contributed by atoms with E-state index in [0.717, 1.165) is 11.4 Å². The summed E-state index contributed by atoms with van der Waals surface area (Å²) in [4.78, 5) is 33.3. The van der Waals surface area contributed by atoms with Crippen LogP contribution in [0.1, 0.15) is 32.1 Å². The van der Waals surface area contributed by atoms with Crippen LogP contribution in [0, 0.1) is 13.8 Å². The van der Waals surface area contributed by atoms with Crippen molar-refractivity contribution in [1.82, 2.24) is 20.8 Å². The molecule has 0 aliphatic rings. The first-order valence-electron chi connectivity index (χ1n) is 7.66. The highest BCUT2D eigenvalue weighted by atomic mass is 35.5. The molecule has 0 aliphatic heterocycles. The van der Waals surface area contributed by atoms with Gasteiger partial charge < -0.3 is 0 Å². The monoisotopic (exact) mass is 388 g/mol. The van der Waals surface area contributed by atoms with Crippen LogP contribution in [0.25, 0.3) is 11.0 Å². The maximum Gasteiger partial charge on any atom is 0.271 e. The lowest BCUT2D eigenvalue weighted by Gasteiger charge is -2.09. The van der Waals surface area contributed by atoms with Crippen molar-refractivity contribution in [3.63, 3.8) is 0 Å². The van der Waals surface area contributed by atoms with Gasteiger partial charge in [0.25, 0.3) is 11.8 Å². The standard InChI is InChI=1S/C18H14Cl2N4O2/c1-9-10(2)22-16-7-11(3-6-15(16)21-9)17(25)23-24-18(26)13-8-12(19)4-5-14(13)20/h3-8H,1-2H3,(H,23,25)(H,24,26). The molecule has 1 aromatic heterocycles. The van der Waals surface area contributed by atoms with Crippen molar-refractivity contribution in [1.29, 1.82) is 0 Å². The molecule has 0 fully saturated rings. The van der Waals surface area contributed by atoms with Crippen molar-refractivity contribution in [3.05, 3.63) is 69.0 Å². The highest BCUT2D eigenvalue weighted by molar-refractivity contribution is 6.35. The first kappa shape index (κ1) is 18.1. The third-order valence-corrected chi connectivity index (χ3v) is 4.36. The average Bonchev–Trinajstić information content (AvgIpc) is 2.62. The van der Waals surface area contributed by atoms with Gasteiger partial charge in [-0.1, -0.05) is 23.2 Å². The van der Waals surface area contributed by atoms with E-state index in [9.17, 15) is 9.59 Å². The molecule has 132 valence electrons. The lowest BCUT2D eigenvalue weighted by atomic mass is 10.1. The molecule has 8 heteroatoms. The number of carbonyl (C=O) groups excluding carboxylic acids is 2. The predicted molar refractivity (Wildman–Crippen MR) is 100 cm³/mol. The molecule has 3 aromatic rings. The number of fused-ring (bicyclic) bond motifs is 1. The Hall–Kier alpha value is -2.70. The molecule has 0 radical (unpaired) electrons. The van der Waals surface area contributed by atoms with Crippen LogP contribution in [-0.2, 0) is 0 Å². The van der Waals surface area contributed by atoms with Crippen LogP contribution in [0.5, 0.6) is 0 Å². The zero-order chi connectivity index (χ0) is 18.8. The van der Waals surface area contributed by atoms with E-state index >= 15 is 0 Å². The number of nitrogens with zero attached hydrogens (tertiary/aromatic N) is 2. The van der Waals surface area contributed by atoms with Crippen LogP contribution in [0.15, 0.2) is 36.4 Å². The number of benzene rings is 2. The number of amides is 2. The Morgan fingerprint density at radius 3 is 2.23 bits per heavy atom. The molecule has 0 spiro atoms. The smallest absolute Gasteiger partial charge is 0.267 e. The first-order valence-corrected chi connectivity index (χ1v) is 8.41. The Kier molecular flexibility index (Phi) is 5.06. The van der Waals surface area contributed by atoms with E-state index in [-0.39, 0.29) is 10.6 Å². The quantitative estimate of drug-likeness (QED) is 0.656. The van der Waals surface area contributed by atoms with Crippen LogP contribution in [0.3, 0.4) is 0 Å². The second-order valence-corrected chi connectivity index (χ2v) is 6.47. The lowest BCUT2D eigenvalue weighted by molar-refractivity contribution is 0.0847. The molecule has 6 nitrogen and oxygen atoms in total. The number of aromatic nitrogens is 2. The number of hydrogen-bond acceptors (Lipinski definition) is 4. The van der Waals surface area contributed by atoms with Crippen molar-refractivity contribution in [2.24, 2.45) is 0 Å². The van der Waals surface area contributed by atoms with Crippen molar-refractivity contribution in [2.75, 3.05) is 0 Å². The van der Waals surface area contributed by atoms with Gasteiger partial charge in [0, 0.05) is 10.6 Å². The van der Waals surface area contributed by atoms with E-state index in [1.54, 1.807) is 24.3 Å². The summed E-state index contributed by atoms with van der Waals surface area (Å²) in [5, 5.41) is 0.595. The SMILES string of the molecule is Cc1nc2ccc(C(=O)NNC(=O)c3cc(Cl)ccc3Cl)cc2nc1C. The third kappa shape index (κ3) is 3.76. The maximum atomic E-state index is 12.3. The largest absolute Gasteiger partial charge is 0.271 e. The van der Waals surface area contributed by atoms with Gasteiger partial charge in [0.15, 0.2) is 0 Å². The van der Waals surface area contributed by atoms with Gasteiger partial charge in [-0.25, -0.2) is 9.97 Å². The summed E-state index contributed by atoms with van der Waals surface area (Å²) in [6.07, 6.45) is 0. The molecule has 0 atom stereocenters. The molecule has 0 aliphatic carbocycles. The third-order valence-electron chi connectivity index (χ3n) is 3.80. The van der Waals surface area contributed by atoms with Gasteiger partial charge in [0.1, 0.15) is 0 Å². The van der Waals surface area contributed by atoms with Gasteiger partial charge in [-0.15, -0.1) is 0 Å². The highest BCUT2D eigenvalue weighted by Crippen LogP contribution is 2.20. The minimum atomic E-state index is -0.571. The van der Waals surface area contributed by atoms with Crippen molar-refractivity contribution >= 4 is 46.0 Å². The minimum Gasteiger partial charge on any atom is -0.267 e. The van der Waals surface area contributed by atoms with Gasteiger partial charge in [-0.3, -0.25) is 20.4 Å². The molecule has 26 heavy (non-hydrogen) atoms. The summed E-state index contributed by atoms with van der Waals surface area (Å²) in [6.45, 7) is 3.72. The van der Waals surface area contributed by atoms with E-state index < -0.39 is 11.8 Å². The molecule has 0 saturated carbocycles. The molecule has 0 saturated heterocycles. The Morgan fingerprint density at radius 1 is 0.846 bits per heavy atom. The number of hydrazine groups is 1. The summed E-state index contributed by atoms with van der Waals surface area (Å²) in [6, 6.07) is 9.43. The Morgan fingerprint density at radius 2 is 1.50 bits per heavy atom. The maximum absolute atomic E-state index is 12.3. The second-order valence-electron chi connectivity index (χ2n) is 5.63.